The number of rotatable bonds is 2. The summed E-state index contributed by atoms with van der Waals surface area (Å²) in [5.74, 6) is 1.19. The largest absolute Gasteiger partial charge is 0.341 e. The first-order valence-electron chi connectivity index (χ1n) is 7.75. The second-order valence-corrected chi connectivity index (χ2v) is 6.08. The molecule has 104 valence electrons. The Morgan fingerprint density at radius 2 is 2.00 bits per heavy atom. The second kappa shape index (κ2) is 6.55. The fourth-order valence-electron chi connectivity index (χ4n) is 3.35. The first kappa shape index (κ1) is 13.9. The van der Waals surface area contributed by atoms with Crippen LogP contribution in [0, 0.1) is 5.92 Å². The Morgan fingerprint density at radius 1 is 1.17 bits per heavy atom. The normalized spacial score (nSPS) is 34.1. The summed E-state index contributed by atoms with van der Waals surface area (Å²) < 4.78 is 0. The van der Waals surface area contributed by atoms with E-state index in [0.29, 0.717) is 11.9 Å². The highest BCUT2D eigenvalue weighted by Crippen LogP contribution is 2.22. The van der Waals surface area contributed by atoms with Crippen LogP contribution in [0.15, 0.2) is 0 Å². The van der Waals surface area contributed by atoms with Crippen molar-refractivity contribution in [3.8, 4) is 0 Å². The van der Waals surface area contributed by atoms with Gasteiger partial charge in [-0.2, -0.15) is 0 Å². The summed E-state index contributed by atoms with van der Waals surface area (Å²) in [5.41, 5.74) is 0. The zero-order valence-corrected chi connectivity index (χ0v) is 12.0. The molecule has 0 aromatic carbocycles. The number of amides is 1. The lowest BCUT2D eigenvalue weighted by Crippen LogP contribution is -2.51. The van der Waals surface area contributed by atoms with Crippen molar-refractivity contribution in [3.05, 3.63) is 0 Å². The predicted molar refractivity (Wildman–Crippen MR) is 74.4 cm³/mol. The van der Waals surface area contributed by atoms with E-state index in [2.05, 4.69) is 24.1 Å². The van der Waals surface area contributed by atoms with Crippen LogP contribution >= 0.6 is 0 Å². The zero-order valence-electron chi connectivity index (χ0n) is 12.0. The van der Waals surface area contributed by atoms with Gasteiger partial charge in [0.25, 0.3) is 0 Å². The molecule has 2 saturated heterocycles. The van der Waals surface area contributed by atoms with Crippen LogP contribution < -0.4 is 5.32 Å². The van der Waals surface area contributed by atoms with Crippen molar-refractivity contribution in [2.24, 2.45) is 5.92 Å². The van der Waals surface area contributed by atoms with E-state index in [4.69, 9.17) is 0 Å². The Morgan fingerprint density at radius 3 is 2.72 bits per heavy atom. The summed E-state index contributed by atoms with van der Waals surface area (Å²) in [7, 11) is 0. The van der Waals surface area contributed by atoms with Crippen molar-refractivity contribution in [1.29, 1.82) is 0 Å². The summed E-state index contributed by atoms with van der Waals surface area (Å²) in [6.07, 6.45) is 8.38. The maximum atomic E-state index is 12.5. The molecule has 18 heavy (non-hydrogen) atoms. The monoisotopic (exact) mass is 252 g/mol. The van der Waals surface area contributed by atoms with Crippen molar-refractivity contribution in [1.82, 2.24) is 10.2 Å². The molecule has 3 atom stereocenters. The molecule has 2 rings (SSSR count). The van der Waals surface area contributed by atoms with Gasteiger partial charge in [-0.3, -0.25) is 4.79 Å². The molecule has 0 aliphatic carbocycles. The number of piperidine rings is 1. The van der Waals surface area contributed by atoms with Gasteiger partial charge in [0.1, 0.15) is 0 Å². The molecule has 2 aliphatic heterocycles. The Balaban J connectivity index is 1.88. The Kier molecular flexibility index (Phi) is 5.04. The molecule has 3 unspecified atom stereocenters. The van der Waals surface area contributed by atoms with Gasteiger partial charge in [-0.25, -0.2) is 0 Å². The lowest BCUT2D eigenvalue weighted by atomic mass is 9.98. The Labute approximate surface area is 111 Å². The van der Waals surface area contributed by atoms with Gasteiger partial charge in [-0.15, -0.1) is 0 Å². The van der Waals surface area contributed by atoms with Crippen LogP contribution in [-0.4, -0.2) is 36.0 Å². The van der Waals surface area contributed by atoms with Gasteiger partial charge in [0.15, 0.2) is 0 Å². The summed E-state index contributed by atoms with van der Waals surface area (Å²) in [5, 5.41) is 3.47. The molecule has 1 N–H and O–H groups in total. The van der Waals surface area contributed by atoms with Gasteiger partial charge in [-0.05, 0) is 51.4 Å². The first-order chi connectivity index (χ1) is 8.70. The highest BCUT2D eigenvalue weighted by molar-refractivity contribution is 5.82. The number of carbonyl (C=O) groups is 1. The van der Waals surface area contributed by atoms with Crippen LogP contribution in [0.25, 0.3) is 0 Å². The molecule has 2 heterocycles. The third-order valence-corrected chi connectivity index (χ3v) is 4.65. The van der Waals surface area contributed by atoms with Crippen LogP contribution in [0.3, 0.4) is 0 Å². The highest BCUT2D eigenvalue weighted by Gasteiger charge is 2.29. The first-order valence-corrected chi connectivity index (χ1v) is 7.75. The van der Waals surface area contributed by atoms with Crippen LogP contribution in [0.5, 0.6) is 0 Å². The lowest BCUT2D eigenvalue weighted by molar-refractivity contribution is -0.134. The molecule has 2 aliphatic rings. The number of carbonyl (C=O) groups excluding carboxylic acids is 1. The predicted octanol–water partition coefficient (Wildman–Crippen LogP) is 2.56. The fourth-order valence-corrected chi connectivity index (χ4v) is 3.35. The summed E-state index contributed by atoms with van der Waals surface area (Å²) >= 11 is 0. The van der Waals surface area contributed by atoms with Crippen LogP contribution in [0.1, 0.15) is 58.8 Å². The molecule has 0 aromatic rings. The maximum absolute atomic E-state index is 12.5. The van der Waals surface area contributed by atoms with Crippen molar-refractivity contribution in [2.75, 3.05) is 13.1 Å². The van der Waals surface area contributed by atoms with E-state index < -0.39 is 0 Å². The van der Waals surface area contributed by atoms with E-state index in [-0.39, 0.29) is 6.04 Å². The van der Waals surface area contributed by atoms with E-state index in [9.17, 15) is 4.79 Å². The SMILES string of the molecule is CCC1CCCN(C(=O)C2CCCC(C)N2)CC1. The van der Waals surface area contributed by atoms with Gasteiger partial charge in [0.05, 0.1) is 6.04 Å². The Bertz CT molecular complexity index is 280. The summed E-state index contributed by atoms with van der Waals surface area (Å²) in [6, 6.07) is 0.593. The molecule has 2 fully saturated rings. The molecule has 3 heteroatoms. The van der Waals surface area contributed by atoms with Crippen molar-refractivity contribution >= 4 is 5.91 Å². The molecule has 3 nitrogen and oxygen atoms in total. The van der Waals surface area contributed by atoms with Gasteiger partial charge < -0.3 is 10.2 Å². The maximum Gasteiger partial charge on any atom is 0.239 e. The number of nitrogens with zero attached hydrogens (tertiary/aromatic N) is 1. The highest BCUT2D eigenvalue weighted by atomic mass is 16.2. The number of likely N-dealkylation sites (tertiary alicyclic amines) is 1. The zero-order chi connectivity index (χ0) is 13.0. The summed E-state index contributed by atoms with van der Waals surface area (Å²) in [4.78, 5) is 14.6. The van der Waals surface area contributed by atoms with E-state index >= 15 is 0 Å². The molecule has 0 saturated carbocycles. The van der Waals surface area contributed by atoms with E-state index in [0.717, 1.165) is 25.4 Å². The van der Waals surface area contributed by atoms with Crippen molar-refractivity contribution < 1.29 is 4.79 Å². The molecular formula is C15H28N2O. The average Bonchev–Trinajstić information content (AvgIpc) is 2.63. The molecule has 0 spiro atoms. The number of nitrogens with one attached hydrogen (secondary N) is 1. The molecule has 1 amide bonds. The van der Waals surface area contributed by atoms with Crippen LogP contribution in [-0.2, 0) is 4.79 Å². The van der Waals surface area contributed by atoms with Crippen molar-refractivity contribution in [2.45, 2.75) is 70.9 Å². The third kappa shape index (κ3) is 3.47. The van der Waals surface area contributed by atoms with Crippen LogP contribution in [0.4, 0.5) is 0 Å². The van der Waals surface area contributed by atoms with E-state index in [1.807, 2.05) is 0 Å². The van der Waals surface area contributed by atoms with Gasteiger partial charge >= 0.3 is 0 Å². The van der Waals surface area contributed by atoms with E-state index in [1.165, 1.54) is 38.5 Å². The van der Waals surface area contributed by atoms with Crippen LogP contribution in [0.2, 0.25) is 0 Å². The minimum absolute atomic E-state index is 0.0897. The summed E-state index contributed by atoms with van der Waals surface area (Å²) in [6.45, 7) is 6.41. The fraction of sp³-hybridized carbons (Fsp3) is 0.933. The third-order valence-electron chi connectivity index (χ3n) is 4.65. The van der Waals surface area contributed by atoms with E-state index in [1.54, 1.807) is 0 Å². The molecule has 0 bridgehead atoms. The van der Waals surface area contributed by atoms with Crippen molar-refractivity contribution in [3.63, 3.8) is 0 Å². The second-order valence-electron chi connectivity index (χ2n) is 6.08. The quantitative estimate of drug-likeness (QED) is 0.819. The number of hydrogen-bond acceptors (Lipinski definition) is 2. The standard InChI is InChI=1S/C15H28N2O/c1-3-13-7-5-10-17(11-9-13)15(18)14-8-4-6-12(2)16-14/h12-14,16H,3-11H2,1-2H3. The van der Waals surface area contributed by atoms with Gasteiger partial charge in [0.2, 0.25) is 5.91 Å². The molecule has 0 aromatic heterocycles. The lowest BCUT2D eigenvalue weighted by Gasteiger charge is -2.32. The molecule has 0 radical (unpaired) electrons. The minimum atomic E-state index is 0.0897. The van der Waals surface area contributed by atoms with Gasteiger partial charge in [0, 0.05) is 19.1 Å². The Hall–Kier alpha value is -0.570. The average molecular weight is 252 g/mol. The van der Waals surface area contributed by atoms with Gasteiger partial charge in [-0.1, -0.05) is 13.3 Å². The topological polar surface area (TPSA) is 32.3 Å². The smallest absolute Gasteiger partial charge is 0.239 e. The number of hydrogen-bond donors (Lipinski definition) is 1. The molecular weight excluding hydrogens is 224 g/mol. The minimum Gasteiger partial charge on any atom is -0.341 e.